The molecule has 0 atom stereocenters. The van der Waals surface area contributed by atoms with Crippen molar-refractivity contribution >= 4 is 32.1 Å². The smallest absolute Gasteiger partial charge is 0.275 e. The Morgan fingerprint density at radius 2 is 1.61 bits per heavy atom. The molecule has 5 rings (SSSR count). The van der Waals surface area contributed by atoms with Crippen LogP contribution in [0.25, 0.3) is 21.3 Å². The molecule has 33 heavy (non-hydrogen) atoms. The number of aromatic nitrogens is 2. The van der Waals surface area contributed by atoms with E-state index in [1.807, 2.05) is 40.6 Å². The van der Waals surface area contributed by atoms with Gasteiger partial charge in [0.1, 0.15) is 11.5 Å². The average molecular weight is 485 g/mol. The maximum absolute atomic E-state index is 13.2. The van der Waals surface area contributed by atoms with E-state index in [2.05, 4.69) is 5.10 Å². The molecule has 0 bridgehead atoms. The lowest BCUT2D eigenvalue weighted by Crippen LogP contribution is -2.49. The molecule has 0 saturated carbocycles. The Hall–Kier alpha value is -2.92. The van der Waals surface area contributed by atoms with Crippen LogP contribution in [0.4, 0.5) is 4.39 Å². The number of nitrogens with zero attached hydrogens (tertiary/aromatic N) is 4. The molecular weight excluding hydrogens is 463 g/mol. The van der Waals surface area contributed by atoms with E-state index in [1.165, 1.54) is 21.1 Å². The maximum Gasteiger partial charge on any atom is 0.275 e. The van der Waals surface area contributed by atoms with Crippen LogP contribution in [-0.2, 0) is 16.7 Å². The van der Waals surface area contributed by atoms with Crippen molar-refractivity contribution in [3.8, 4) is 10.6 Å². The van der Waals surface area contributed by atoms with Gasteiger partial charge in [0.15, 0.2) is 0 Å². The predicted octanol–water partition coefficient (Wildman–Crippen LogP) is 3.23. The summed E-state index contributed by atoms with van der Waals surface area (Å²) in [5.74, 6) is -0.478. The molecule has 170 valence electrons. The summed E-state index contributed by atoms with van der Waals surface area (Å²) in [4.78, 5) is 16.2. The van der Waals surface area contributed by atoms with Gasteiger partial charge in [-0.1, -0.05) is 24.3 Å². The molecule has 10 heteroatoms. The van der Waals surface area contributed by atoms with Gasteiger partial charge in [-0.3, -0.25) is 9.69 Å². The van der Waals surface area contributed by atoms with E-state index in [4.69, 9.17) is 0 Å². The normalized spacial score (nSPS) is 15.8. The second-order valence-corrected chi connectivity index (χ2v) is 10.7. The number of sulfonamides is 1. The Morgan fingerprint density at radius 3 is 2.27 bits per heavy atom. The molecule has 1 aliphatic rings. The lowest BCUT2D eigenvalue weighted by molar-refractivity contribution is 0.143. The zero-order valence-corrected chi connectivity index (χ0v) is 19.2. The van der Waals surface area contributed by atoms with Gasteiger partial charge in [-0.15, -0.1) is 11.3 Å². The fourth-order valence-corrected chi connectivity index (χ4v) is 6.13. The van der Waals surface area contributed by atoms with Crippen molar-refractivity contribution in [2.45, 2.75) is 11.6 Å². The molecule has 7 nitrogen and oxygen atoms in total. The van der Waals surface area contributed by atoms with Crippen molar-refractivity contribution in [1.29, 1.82) is 0 Å². The third kappa shape index (κ3) is 4.22. The van der Waals surface area contributed by atoms with E-state index < -0.39 is 15.8 Å². The van der Waals surface area contributed by atoms with Gasteiger partial charge in [-0.05, 0) is 41.8 Å². The molecule has 1 fully saturated rings. The summed E-state index contributed by atoms with van der Waals surface area (Å²) in [6, 6.07) is 16.2. The summed E-state index contributed by atoms with van der Waals surface area (Å²) < 4.78 is 41.7. The van der Waals surface area contributed by atoms with E-state index in [-0.39, 0.29) is 30.2 Å². The van der Waals surface area contributed by atoms with Gasteiger partial charge >= 0.3 is 0 Å². The molecule has 0 amide bonds. The molecule has 1 saturated heterocycles. The Balaban J connectivity index is 1.37. The number of halogens is 1. The highest BCUT2D eigenvalue weighted by Crippen LogP contribution is 2.28. The summed E-state index contributed by atoms with van der Waals surface area (Å²) in [5.41, 5.74) is 0.588. The minimum atomic E-state index is -3.69. The Morgan fingerprint density at radius 1 is 0.909 bits per heavy atom. The van der Waals surface area contributed by atoms with Crippen LogP contribution >= 0.6 is 11.3 Å². The minimum Gasteiger partial charge on any atom is -0.282 e. The first-order chi connectivity index (χ1) is 15.9. The molecule has 1 aliphatic heterocycles. The molecule has 0 unspecified atom stereocenters. The van der Waals surface area contributed by atoms with Crippen molar-refractivity contribution < 1.29 is 12.8 Å². The van der Waals surface area contributed by atoms with Crippen LogP contribution in [0.15, 0.2) is 75.7 Å². The number of hydrogen-bond acceptors (Lipinski definition) is 6. The number of rotatable bonds is 5. The zero-order chi connectivity index (χ0) is 23.0. The van der Waals surface area contributed by atoms with Crippen LogP contribution in [0.5, 0.6) is 0 Å². The van der Waals surface area contributed by atoms with Gasteiger partial charge in [0, 0.05) is 31.6 Å². The number of fused-ring (bicyclic) bond motifs is 1. The molecule has 3 heterocycles. The van der Waals surface area contributed by atoms with Gasteiger partial charge < -0.3 is 0 Å². The molecule has 0 radical (unpaired) electrons. The van der Waals surface area contributed by atoms with Crippen LogP contribution in [0.3, 0.4) is 0 Å². The van der Waals surface area contributed by atoms with Gasteiger partial charge in [0.05, 0.1) is 21.8 Å². The van der Waals surface area contributed by atoms with Crippen molar-refractivity contribution in [1.82, 2.24) is 19.0 Å². The standard InChI is InChI=1S/C23H21FN4O3S2/c24-17-7-9-18(10-8-17)33(30,31)27-13-11-26(12-14-27)16-28-23(29)20-5-2-1-4-19(20)22(25-28)21-6-3-15-32-21/h1-10,15H,11-14,16H2. The van der Waals surface area contributed by atoms with E-state index in [9.17, 15) is 17.6 Å². The average Bonchev–Trinajstić information content (AvgIpc) is 3.36. The summed E-state index contributed by atoms with van der Waals surface area (Å²) in [5, 5.41) is 8.06. The highest BCUT2D eigenvalue weighted by Gasteiger charge is 2.29. The van der Waals surface area contributed by atoms with Crippen LogP contribution in [0.2, 0.25) is 0 Å². The van der Waals surface area contributed by atoms with Gasteiger partial charge in [0.25, 0.3) is 5.56 Å². The monoisotopic (exact) mass is 484 g/mol. The molecule has 2 aromatic carbocycles. The first-order valence-corrected chi connectivity index (χ1v) is 12.8. The highest BCUT2D eigenvalue weighted by atomic mass is 32.2. The Labute approximate surface area is 194 Å². The zero-order valence-electron chi connectivity index (χ0n) is 17.6. The van der Waals surface area contributed by atoms with Crippen molar-refractivity contribution in [3.63, 3.8) is 0 Å². The number of benzene rings is 2. The van der Waals surface area contributed by atoms with Gasteiger partial charge in [-0.2, -0.15) is 9.40 Å². The molecule has 0 spiro atoms. The summed E-state index contributed by atoms with van der Waals surface area (Å²) >= 11 is 1.56. The van der Waals surface area contributed by atoms with Crippen LogP contribution in [-0.4, -0.2) is 53.6 Å². The quantitative estimate of drug-likeness (QED) is 0.435. The lowest BCUT2D eigenvalue weighted by atomic mass is 10.1. The molecule has 2 aromatic heterocycles. The third-order valence-corrected chi connectivity index (χ3v) is 8.53. The Kier molecular flexibility index (Phi) is 5.83. The lowest BCUT2D eigenvalue weighted by Gasteiger charge is -2.33. The number of thiophene rings is 1. The Bertz CT molecular complexity index is 1440. The van der Waals surface area contributed by atoms with Crippen molar-refractivity contribution in [2.75, 3.05) is 26.2 Å². The number of piperazine rings is 1. The first-order valence-electron chi connectivity index (χ1n) is 10.5. The predicted molar refractivity (Wildman–Crippen MR) is 126 cm³/mol. The van der Waals surface area contributed by atoms with Gasteiger partial charge in [0.2, 0.25) is 10.0 Å². The maximum atomic E-state index is 13.2. The van der Waals surface area contributed by atoms with Crippen molar-refractivity contribution in [2.24, 2.45) is 0 Å². The van der Waals surface area contributed by atoms with E-state index in [0.29, 0.717) is 18.5 Å². The minimum absolute atomic E-state index is 0.0744. The summed E-state index contributed by atoms with van der Waals surface area (Å²) in [7, 11) is -3.69. The van der Waals surface area contributed by atoms with Crippen LogP contribution < -0.4 is 5.56 Å². The van der Waals surface area contributed by atoms with E-state index in [1.54, 1.807) is 17.4 Å². The highest BCUT2D eigenvalue weighted by molar-refractivity contribution is 7.89. The second-order valence-electron chi connectivity index (χ2n) is 7.79. The van der Waals surface area contributed by atoms with Gasteiger partial charge in [-0.25, -0.2) is 17.5 Å². The molecular formula is C23H21FN4O3S2. The van der Waals surface area contributed by atoms with Crippen LogP contribution in [0, 0.1) is 5.82 Å². The van der Waals surface area contributed by atoms with Crippen molar-refractivity contribution in [3.05, 3.63) is 82.2 Å². The fraction of sp³-hybridized carbons (Fsp3) is 0.217. The molecule has 4 aromatic rings. The first kappa shape index (κ1) is 21.9. The van der Waals surface area contributed by atoms with E-state index >= 15 is 0 Å². The number of hydrogen-bond donors (Lipinski definition) is 0. The second kappa shape index (κ2) is 8.79. The molecule has 0 aliphatic carbocycles. The summed E-state index contributed by atoms with van der Waals surface area (Å²) in [6.45, 7) is 1.73. The fourth-order valence-electron chi connectivity index (χ4n) is 3.98. The topological polar surface area (TPSA) is 75.5 Å². The summed E-state index contributed by atoms with van der Waals surface area (Å²) in [6.07, 6.45) is 0. The SMILES string of the molecule is O=c1c2ccccc2c(-c2cccs2)nn1CN1CCN(S(=O)(=O)c2ccc(F)cc2)CC1. The largest absolute Gasteiger partial charge is 0.282 e. The third-order valence-electron chi connectivity index (χ3n) is 5.74. The van der Waals surface area contributed by atoms with Crippen LogP contribution in [0.1, 0.15) is 0 Å². The van der Waals surface area contributed by atoms with E-state index in [0.717, 1.165) is 28.1 Å². The molecule has 0 N–H and O–H groups in total.